The predicted octanol–water partition coefficient (Wildman–Crippen LogP) is 5.61. The normalized spacial score (nSPS) is 9.97. The molecule has 0 saturated heterocycles. The molecule has 0 spiro atoms. The number of nitrogens with zero attached hydrogens (tertiary/aromatic N) is 2. The van der Waals surface area contributed by atoms with Gasteiger partial charge in [0.15, 0.2) is 0 Å². The highest BCUT2D eigenvalue weighted by molar-refractivity contribution is 6.32. The molecule has 6 heteroatoms. The zero-order valence-corrected chi connectivity index (χ0v) is 17.8. The Morgan fingerprint density at radius 1 is 0.938 bits per heavy atom. The van der Waals surface area contributed by atoms with Crippen LogP contribution in [0.5, 0.6) is 5.75 Å². The third kappa shape index (κ3) is 5.98. The molecule has 32 heavy (non-hydrogen) atoms. The quantitative estimate of drug-likeness (QED) is 0.489. The second-order valence-electron chi connectivity index (χ2n) is 6.97. The minimum Gasteiger partial charge on any atom is -0.488 e. The lowest BCUT2D eigenvalue weighted by molar-refractivity contribution is -0.136. The highest BCUT2D eigenvalue weighted by Gasteiger charge is 2.08. The summed E-state index contributed by atoms with van der Waals surface area (Å²) in [6.45, 7) is 0.240. The molecule has 0 saturated carbocycles. The van der Waals surface area contributed by atoms with Gasteiger partial charge in [0.1, 0.15) is 12.4 Å². The van der Waals surface area contributed by atoms with Crippen molar-refractivity contribution in [2.24, 2.45) is 0 Å². The SMILES string of the molecule is N#Cc1ccc(C(=CCOc2ccc(CCC(=O)O)cc2Cl)c2ccc(C#N)cc2)cc1. The molecule has 0 aliphatic heterocycles. The molecule has 0 bridgehead atoms. The van der Waals surface area contributed by atoms with Gasteiger partial charge in [0, 0.05) is 6.42 Å². The third-order valence-electron chi connectivity index (χ3n) is 4.80. The molecule has 158 valence electrons. The molecule has 5 nitrogen and oxygen atoms in total. The highest BCUT2D eigenvalue weighted by atomic mass is 35.5. The Morgan fingerprint density at radius 2 is 1.50 bits per heavy atom. The van der Waals surface area contributed by atoms with Crippen molar-refractivity contribution in [3.8, 4) is 17.9 Å². The van der Waals surface area contributed by atoms with E-state index in [1.165, 1.54) is 0 Å². The Morgan fingerprint density at radius 3 is 1.97 bits per heavy atom. The van der Waals surface area contributed by atoms with Gasteiger partial charge in [0.05, 0.1) is 28.3 Å². The van der Waals surface area contributed by atoms with Crippen molar-refractivity contribution in [3.63, 3.8) is 0 Å². The second-order valence-corrected chi connectivity index (χ2v) is 7.37. The Kier molecular flexibility index (Phi) is 7.65. The van der Waals surface area contributed by atoms with Crippen LogP contribution < -0.4 is 4.74 Å². The van der Waals surface area contributed by atoms with Crippen LogP contribution in [0.2, 0.25) is 5.02 Å². The van der Waals surface area contributed by atoms with Crippen LogP contribution >= 0.6 is 11.6 Å². The smallest absolute Gasteiger partial charge is 0.303 e. The number of ether oxygens (including phenoxy) is 1. The first-order valence-corrected chi connectivity index (χ1v) is 10.2. The van der Waals surface area contributed by atoms with Crippen LogP contribution in [-0.4, -0.2) is 17.7 Å². The monoisotopic (exact) mass is 442 g/mol. The Balaban J connectivity index is 1.82. The molecular weight excluding hydrogens is 424 g/mol. The van der Waals surface area contributed by atoms with Crippen molar-refractivity contribution < 1.29 is 14.6 Å². The summed E-state index contributed by atoms with van der Waals surface area (Å²) in [7, 11) is 0. The molecule has 0 atom stereocenters. The molecule has 0 aromatic heterocycles. The van der Waals surface area contributed by atoms with Crippen LogP contribution in [0.3, 0.4) is 0 Å². The number of hydrogen-bond donors (Lipinski definition) is 1. The van der Waals surface area contributed by atoms with E-state index in [2.05, 4.69) is 12.1 Å². The second kappa shape index (κ2) is 10.8. The molecule has 0 fully saturated rings. The van der Waals surface area contributed by atoms with Crippen molar-refractivity contribution in [3.05, 3.63) is 106 Å². The van der Waals surface area contributed by atoms with Gasteiger partial charge in [-0.2, -0.15) is 10.5 Å². The summed E-state index contributed by atoms with van der Waals surface area (Å²) in [5, 5.41) is 27.4. The maximum Gasteiger partial charge on any atom is 0.303 e. The van der Waals surface area contributed by atoms with E-state index in [0.29, 0.717) is 28.3 Å². The molecule has 3 aromatic carbocycles. The minimum absolute atomic E-state index is 0.0395. The number of benzene rings is 3. The van der Waals surface area contributed by atoms with Crippen molar-refractivity contribution in [2.45, 2.75) is 12.8 Å². The molecule has 0 unspecified atom stereocenters. The molecule has 0 aliphatic rings. The highest BCUT2D eigenvalue weighted by Crippen LogP contribution is 2.28. The van der Waals surface area contributed by atoms with Gasteiger partial charge in [-0.3, -0.25) is 4.79 Å². The van der Waals surface area contributed by atoms with Crippen LogP contribution in [-0.2, 0) is 11.2 Å². The van der Waals surface area contributed by atoms with Crippen molar-refractivity contribution in [1.82, 2.24) is 0 Å². The average molecular weight is 443 g/mol. The van der Waals surface area contributed by atoms with E-state index in [1.807, 2.05) is 30.3 Å². The number of halogens is 1. The van der Waals surface area contributed by atoms with Gasteiger partial charge in [-0.15, -0.1) is 0 Å². The molecule has 0 radical (unpaired) electrons. The van der Waals surface area contributed by atoms with E-state index >= 15 is 0 Å². The standard InChI is InChI=1S/C26H19ClN2O3/c27-24-15-18(6-12-26(30)31)5-11-25(24)32-14-13-23(21-7-1-19(16-28)2-8-21)22-9-3-20(17-29)4-10-22/h1-5,7-11,13,15H,6,12,14H2,(H,30,31). The van der Waals surface area contributed by atoms with Gasteiger partial charge in [-0.1, -0.05) is 41.9 Å². The molecule has 0 aliphatic carbocycles. The maximum atomic E-state index is 10.7. The first-order chi connectivity index (χ1) is 15.5. The van der Waals surface area contributed by atoms with Crippen LogP contribution in [0.15, 0.2) is 72.8 Å². The summed E-state index contributed by atoms with van der Waals surface area (Å²) < 4.78 is 5.85. The van der Waals surface area contributed by atoms with Crippen LogP contribution in [0.4, 0.5) is 0 Å². The van der Waals surface area contributed by atoms with Crippen molar-refractivity contribution in [2.75, 3.05) is 6.61 Å². The Hall–Kier alpha value is -4.06. The van der Waals surface area contributed by atoms with Crippen molar-refractivity contribution >= 4 is 23.1 Å². The minimum atomic E-state index is -0.857. The molecule has 0 amide bonds. The number of carboxylic acids is 1. The lowest BCUT2D eigenvalue weighted by atomic mass is 9.96. The van der Waals surface area contributed by atoms with Gasteiger partial charge in [0.2, 0.25) is 0 Å². The number of nitriles is 2. The number of carbonyl (C=O) groups is 1. The Bertz CT molecular complexity index is 1160. The fraction of sp³-hybridized carbons (Fsp3) is 0.115. The van der Waals surface area contributed by atoms with E-state index in [0.717, 1.165) is 22.3 Å². The number of aryl methyl sites for hydroxylation is 1. The zero-order chi connectivity index (χ0) is 22.9. The zero-order valence-electron chi connectivity index (χ0n) is 17.1. The molecule has 0 heterocycles. The average Bonchev–Trinajstić information content (AvgIpc) is 2.82. The number of rotatable bonds is 8. The van der Waals surface area contributed by atoms with E-state index in [-0.39, 0.29) is 13.0 Å². The molecule has 1 N–H and O–H groups in total. The van der Waals surface area contributed by atoms with Crippen molar-refractivity contribution in [1.29, 1.82) is 10.5 Å². The third-order valence-corrected chi connectivity index (χ3v) is 5.10. The van der Waals surface area contributed by atoms with E-state index in [9.17, 15) is 4.79 Å². The largest absolute Gasteiger partial charge is 0.488 e. The van der Waals surface area contributed by atoms with Gasteiger partial charge >= 0.3 is 5.97 Å². The lowest BCUT2D eigenvalue weighted by Crippen LogP contribution is -1.99. The predicted molar refractivity (Wildman–Crippen MR) is 122 cm³/mol. The van der Waals surface area contributed by atoms with Gasteiger partial charge < -0.3 is 9.84 Å². The van der Waals surface area contributed by atoms with Gasteiger partial charge in [-0.05, 0) is 71.2 Å². The molecule has 3 aromatic rings. The van der Waals surface area contributed by atoms with E-state index in [1.54, 1.807) is 42.5 Å². The first-order valence-electron chi connectivity index (χ1n) is 9.84. The molecule has 3 rings (SSSR count). The molecular formula is C26H19ClN2O3. The van der Waals surface area contributed by atoms with Crippen LogP contribution in [0.25, 0.3) is 5.57 Å². The van der Waals surface area contributed by atoms with E-state index < -0.39 is 5.97 Å². The summed E-state index contributed by atoms with van der Waals surface area (Å²) in [5.41, 5.74) is 4.68. The maximum absolute atomic E-state index is 10.7. The summed E-state index contributed by atoms with van der Waals surface area (Å²) in [4.78, 5) is 10.7. The van der Waals surface area contributed by atoms with Crippen LogP contribution in [0.1, 0.15) is 34.2 Å². The summed E-state index contributed by atoms with van der Waals surface area (Å²) in [6.07, 6.45) is 2.35. The fourth-order valence-corrected chi connectivity index (χ4v) is 3.39. The van der Waals surface area contributed by atoms with Crippen LogP contribution in [0, 0.1) is 22.7 Å². The number of hydrogen-bond acceptors (Lipinski definition) is 4. The first kappa shape index (κ1) is 22.6. The number of carboxylic acid groups (broad SMARTS) is 1. The summed E-state index contributed by atoms with van der Waals surface area (Å²) >= 11 is 6.31. The fourth-order valence-electron chi connectivity index (χ4n) is 3.13. The van der Waals surface area contributed by atoms with Gasteiger partial charge in [-0.25, -0.2) is 0 Å². The van der Waals surface area contributed by atoms with E-state index in [4.69, 9.17) is 32.0 Å². The Labute approximate surface area is 191 Å². The number of aliphatic carboxylic acids is 1. The topological polar surface area (TPSA) is 94.1 Å². The summed E-state index contributed by atoms with van der Waals surface area (Å²) in [6, 6.07) is 23.9. The van der Waals surface area contributed by atoms with Gasteiger partial charge in [0.25, 0.3) is 0 Å². The summed E-state index contributed by atoms with van der Waals surface area (Å²) in [5.74, 6) is -0.356. The lowest BCUT2D eigenvalue weighted by Gasteiger charge is -2.11.